The predicted octanol–water partition coefficient (Wildman–Crippen LogP) is 3.07. The number of guanidine groups is 1. The van der Waals surface area contributed by atoms with Crippen molar-refractivity contribution >= 4 is 17.7 Å². The summed E-state index contributed by atoms with van der Waals surface area (Å²) >= 11 is 1.84. The average molecular weight is 339 g/mol. The van der Waals surface area contributed by atoms with Crippen LogP contribution in [0.5, 0.6) is 5.88 Å². The summed E-state index contributed by atoms with van der Waals surface area (Å²) in [4.78, 5) is 8.92. The monoisotopic (exact) mass is 338 g/mol. The number of ether oxygens (including phenoxy) is 1. The maximum Gasteiger partial charge on any atom is 0.213 e. The molecule has 5 nitrogen and oxygen atoms in total. The van der Waals surface area contributed by atoms with Crippen molar-refractivity contribution in [1.82, 2.24) is 15.6 Å². The van der Waals surface area contributed by atoms with Crippen LogP contribution in [-0.4, -0.2) is 41.6 Å². The molecule has 0 aliphatic carbocycles. The highest BCUT2D eigenvalue weighted by molar-refractivity contribution is 7.99. The normalized spacial score (nSPS) is 12.1. The van der Waals surface area contributed by atoms with Gasteiger partial charge in [0, 0.05) is 30.1 Å². The van der Waals surface area contributed by atoms with Crippen molar-refractivity contribution in [2.75, 3.05) is 26.0 Å². The zero-order valence-corrected chi connectivity index (χ0v) is 15.8. The minimum atomic E-state index is 0.177. The summed E-state index contributed by atoms with van der Waals surface area (Å²) in [6.45, 7) is 11.6. The van der Waals surface area contributed by atoms with Crippen LogP contribution in [0.1, 0.15) is 39.7 Å². The fraction of sp³-hybridized carbons (Fsp3) is 0.647. The number of aromatic nitrogens is 1. The van der Waals surface area contributed by atoms with Crippen molar-refractivity contribution in [2.24, 2.45) is 4.99 Å². The molecule has 0 saturated heterocycles. The molecule has 0 bridgehead atoms. The third kappa shape index (κ3) is 8.11. The van der Waals surface area contributed by atoms with Gasteiger partial charge in [-0.3, -0.25) is 0 Å². The molecule has 0 unspecified atom stereocenters. The first kappa shape index (κ1) is 19.6. The lowest BCUT2D eigenvalue weighted by Crippen LogP contribution is -2.43. The smallest absolute Gasteiger partial charge is 0.213 e. The predicted molar refractivity (Wildman–Crippen MR) is 100 cm³/mol. The summed E-state index contributed by atoms with van der Waals surface area (Å²) in [5, 5.41) is 6.67. The Morgan fingerprint density at radius 3 is 2.65 bits per heavy atom. The van der Waals surface area contributed by atoms with Crippen molar-refractivity contribution in [2.45, 2.75) is 45.4 Å². The van der Waals surface area contributed by atoms with Crippen LogP contribution in [-0.2, 0) is 6.54 Å². The van der Waals surface area contributed by atoms with Crippen LogP contribution < -0.4 is 15.4 Å². The van der Waals surface area contributed by atoms with Gasteiger partial charge < -0.3 is 15.4 Å². The van der Waals surface area contributed by atoms with Crippen molar-refractivity contribution < 1.29 is 4.74 Å². The minimum Gasteiger partial charge on any atom is -0.478 e. The molecule has 6 heteroatoms. The standard InChI is InChI=1S/C17H30N4OS/c1-6-10-22-15-9-8-14(11-19-15)12-20-16(18-7-2)21-13-17(3,4)23-5/h8-9,11H,6-7,10,12-13H2,1-5H3,(H2,18,20,21). The maximum absolute atomic E-state index is 5.49. The number of nitrogens with one attached hydrogen (secondary N) is 2. The number of hydrogen-bond acceptors (Lipinski definition) is 4. The molecule has 0 amide bonds. The van der Waals surface area contributed by atoms with Crippen molar-refractivity contribution in [3.8, 4) is 5.88 Å². The third-order valence-electron chi connectivity index (χ3n) is 3.25. The average Bonchev–Trinajstić information content (AvgIpc) is 2.56. The van der Waals surface area contributed by atoms with Gasteiger partial charge in [0.25, 0.3) is 0 Å². The van der Waals surface area contributed by atoms with Crippen molar-refractivity contribution in [3.63, 3.8) is 0 Å². The van der Waals surface area contributed by atoms with E-state index in [1.165, 1.54) is 0 Å². The van der Waals surface area contributed by atoms with Crippen LogP contribution in [0.25, 0.3) is 0 Å². The van der Waals surface area contributed by atoms with Crippen LogP contribution in [0.15, 0.2) is 23.3 Å². The van der Waals surface area contributed by atoms with E-state index >= 15 is 0 Å². The second kappa shape index (κ2) is 10.4. The summed E-state index contributed by atoms with van der Waals surface area (Å²) in [6.07, 6.45) is 4.93. The number of hydrogen-bond donors (Lipinski definition) is 2. The van der Waals surface area contributed by atoms with E-state index in [1.807, 2.05) is 30.1 Å². The molecule has 0 aromatic carbocycles. The first-order valence-corrected chi connectivity index (χ1v) is 9.38. The first-order valence-electron chi connectivity index (χ1n) is 8.15. The van der Waals surface area contributed by atoms with Crippen LogP contribution in [0, 0.1) is 0 Å². The fourth-order valence-corrected chi connectivity index (χ4v) is 1.89. The summed E-state index contributed by atoms with van der Waals surface area (Å²) in [6, 6.07) is 3.91. The lowest BCUT2D eigenvalue weighted by Gasteiger charge is -2.23. The van der Waals surface area contributed by atoms with Crippen LogP contribution >= 0.6 is 11.8 Å². The summed E-state index contributed by atoms with van der Waals surface area (Å²) in [5.41, 5.74) is 1.06. The van der Waals surface area contributed by atoms with Gasteiger partial charge in [-0.2, -0.15) is 11.8 Å². The van der Waals surface area contributed by atoms with Gasteiger partial charge in [0.2, 0.25) is 5.88 Å². The Labute approximate surface area is 144 Å². The van der Waals surface area contributed by atoms with Gasteiger partial charge in [-0.15, -0.1) is 0 Å². The van der Waals surface area contributed by atoms with E-state index in [9.17, 15) is 0 Å². The molecule has 0 atom stereocenters. The molecule has 0 aliphatic rings. The Kier molecular flexibility index (Phi) is 8.84. The largest absolute Gasteiger partial charge is 0.478 e. The Bertz CT molecular complexity index is 474. The number of aliphatic imine (C=N–C) groups is 1. The highest BCUT2D eigenvalue weighted by atomic mass is 32.2. The topological polar surface area (TPSA) is 58.5 Å². The molecular formula is C17H30N4OS. The molecule has 1 aromatic rings. The zero-order chi connectivity index (χ0) is 17.1. The molecule has 0 fully saturated rings. The van der Waals surface area contributed by atoms with E-state index in [2.05, 4.69) is 54.6 Å². The molecule has 0 aliphatic heterocycles. The summed E-state index contributed by atoms with van der Waals surface area (Å²) in [5.74, 6) is 1.51. The molecule has 1 rings (SSSR count). The van der Waals surface area contributed by atoms with E-state index < -0.39 is 0 Å². The molecular weight excluding hydrogens is 308 g/mol. The third-order valence-corrected chi connectivity index (χ3v) is 4.50. The van der Waals surface area contributed by atoms with Gasteiger partial charge in [-0.1, -0.05) is 13.0 Å². The molecule has 130 valence electrons. The number of rotatable bonds is 9. The van der Waals surface area contributed by atoms with Crippen LogP contribution in [0.2, 0.25) is 0 Å². The van der Waals surface area contributed by atoms with Crippen LogP contribution in [0.4, 0.5) is 0 Å². The lowest BCUT2D eigenvalue weighted by molar-refractivity contribution is 0.305. The molecule has 1 heterocycles. The quantitative estimate of drug-likeness (QED) is 0.535. The van der Waals surface area contributed by atoms with Gasteiger partial charge >= 0.3 is 0 Å². The van der Waals surface area contributed by atoms with Crippen molar-refractivity contribution in [1.29, 1.82) is 0 Å². The van der Waals surface area contributed by atoms with E-state index in [0.29, 0.717) is 19.0 Å². The molecule has 0 spiro atoms. The summed E-state index contributed by atoms with van der Waals surface area (Å²) in [7, 11) is 0. The zero-order valence-electron chi connectivity index (χ0n) is 15.0. The van der Waals surface area contributed by atoms with E-state index in [0.717, 1.165) is 31.0 Å². The lowest BCUT2D eigenvalue weighted by atomic mass is 10.2. The molecule has 0 saturated carbocycles. The number of nitrogens with zero attached hydrogens (tertiary/aromatic N) is 2. The van der Waals surface area contributed by atoms with Gasteiger partial charge in [-0.25, -0.2) is 9.98 Å². The highest BCUT2D eigenvalue weighted by Crippen LogP contribution is 2.19. The second-order valence-corrected chi connectivity index (χ2v) is 7.38. The van der Waals surface area contributed by atoms with Gasteiger partial charge in [0.05, 0.1) is 13.2 Å². The minimum absolute atomic E-state index is 0.177. The molecule has 2 N–H and O–H groups in total. The molecule has 0 radical (unpaired) electrons. The Balaban J connectivity index is 2.58. The van der Waals surface area contributed by atoms with E-state index in [-0.39, 0.29) is 4.75 Å². The molecule has 23 heavy (non-hydrogen) atoms. The van der Waals surface area contributed by atoms with Gasteiger partial charge in [0.15, 0.2) is 5.96 Å². The van der Waals surface area contributed by atoms with E-state index in [1.54, 1.807) is 0 Å². The Hall–Kier alpha value is -1.43. The maximum atomic E-state index is 5.49. The highest BCUT2D eigenvalue weighted by Gasteiger charge is 2.15. The van der Waals surface area contributed by atoms with Gasteiger partial charge in [0.1, 0.15) is 0 Å². The summed E-state index contributed by atoms with van der Waals surface area (Å²) < 4.78 is 5.67. The van der Waals surface area contributed by atoms with Gasteiger partial charge in [-0.05, 0) is 39.0 Å². The Morgan fingerprint density at radius 2 is 2.09 bits per heavy atom. The second-order valence-electron chi connectivity index (χ2n) is 5.87. The number of pyridine rings is 1. The number of thioether (sulfide) groups is 1. The SMILES string of the molecule is CCCOc1ccc(CN=C(NCC)NCC(C)(C)SC)cn1. The van der Waals surface area contributed by atoms with Crippen molar-refractivity contribution in [3.05, 3.63) is 23.9 Å². The first-order chi connectivity index (χ1) is 11.0. The van der Waals surface area contributed by atoms with Crippen LogP contribution in [0.3, 0.4) is 0 Å². The fourth-order valence-electron chi connectivity index (χ4n) is 1.68. The molecule has 1 aromatic heterocycles. The van der Waals surface area contributed by atoms with E-state index in [4.69, 9.17) is 4.74 Å². The Morgan fingerprint density at radius 1 is 1.30 bits per heavy atom.